The SMILES string of the molecule is C=C/C=C/CC(C)C(O)C1C(=O)CCCN1C. The molecule has 0 bridgehead atoms. The van der Waals surface area contributed by atoms with Crippen LogP contribution in [0.2, 0.25) is 0 Å². The molecule has 1 heterocycles. The van der Waals surface area contributed by atoms with E-state index in [1.165, 1.54) is 0 Å². The highest BCUT2D eigenvalue weighted by atomic mass is 16.3. The first-order valence-electron chi connectivity index (χ1n) is 6.26. The topological polar surface area (TPSA) is 40.5 Å². The van der Waals surface area contributed by atoms with Gasteiger partial charge in [-0.2, -0.15) is 0 Å². The van der Waals surface area contributed by atoms with Gasteiger partial charge in [0, 0.05) is 6.42 Å². The van der Waals surface area contributed by atoms with E-state index in [1.807, 2.05) is 31.0 Å². The van der Waals surface area contributed by atoms with Gasteiger partial charge in [0.05, 0.1) is 12.1 Å². The quantitative estimate of drug-likeness (QED) is 0.741. The van der Waals surface area contributed by atoms with Gasteiger partial charge < -0.3 is 5.11 Å². The third-order valence-corrected chi connectivity index (χ3v) is 3.43. The minimum Gasteiger partial charge on any atom is -0.391 e. The van der Waals surface area contributed by atoms with Crippen LogP contribution in [0.5, 0.6) is 0 Å². The Bertz CT molecular complexity index is 299. The first-order chi connectivity index (χ1) is 8.07. The number of hydrogen-bond donors (Lipinski definition) is 1. The number of aliphatic hydroxyl groups excluding tert-OH is 1. The lowest BCUT2D eigenvalue weighted by molar-refractivity contribution is -0.132. The van der Waals surface area contributed by atoms with Crippen molar-refractivity contribution in [3.05, 3.63) is 24.8 Å². The molecule has 1 aliphatic rings. The zero-order valence-corrected chi connectivity index (χ0v) is 10.8. The van der Waals surface area contributed by atoms with Crippen molar-refractivity contribution in [3.63, 3.8) is 0 Å². The van der Waals surface area contributed by atoms with Crippen LogP contribution in [-0.2, 0) is 4.79 Å². The first-order valence-corrected chi connectivity index (χ1v) is 6.26. The van der Waals surface area contributed by atoms with Crippen LogP contribution >= 0.6 is 0 Å². The second kappa shape index (κ2) is 6.72. The molecule has 17 heavy (non-hydrogen) atoms. The zero-order chi connectivity index (χ0) is 12.8. The number of likely N-dealkylation sites (tertiary alicyclic amines) is 1. The predicted octanol–water partition coefficient (Wildman–Crippen LogP) is 1.78. The average Bonchev–Trinajstić information content (AvgIpc) is 2.28. The van der Waals surface area contributed by atoms with Gasteiger partial charge in [-0.3, -0.25) is 9.69 Å². The fraction of sp³-hybridized carbons (Fsp3) is 0.643. The second-order valence-electron chi connectivity index (χ2n) is 4.86. The van der Waals surface area contributed by atoms with Crippen molar-refractivity contribution in [1.29, 1.82) is 0 Å². The minimum absolute atomic E-state index is 0.0840. The highest BCUT2D eigenvalue weighted by Gasteiger charge is 2.35. The number of allylic oxidation sites excluding steroid dienone is 3. The number of carbonyl (C=O) groups excluding carboxylic acids is 1. The molecule has 1 aliphatic heterocycles. The van der Waals surface area contributed by atoms with Crippen molar-refractivity contribution in [2.75, 3.05) is 13.6 Å². The molecule has 3 unspecified atom stereocenters. The summed E-state index contributed by atoms with van der Waals surface area (Å²) in [4.78, 5) is 13.8. The maximum absolute atomic E-state index is 11.8. The van der Waals surface area contributed by atoms with E-state index >= 15 is 0 Å². The first kappa shape index (κ1) is 14.1. The van der Waals surface area contributed by atoms with E-state index in [9.17, 15) is 9.90 Å². The molecule has 3 atom stereocenters. The van der Waals surface area contributed by atoms with Gasteiger partial charge in [0.1, 0.15) is 0 Å². The summed E-state index contributed by atoms with van der Waals surface area (Å²) in [6, 6.07) is -0.323. The Kier molecular flexibility index (Phi) is 5.59. The maximum atomic E-state index is 11.8. The van der Waals surface area contributed by atoms with Crippen LogP contribution in [0.1, 0.15) is 26.2 Å². The number of rotatable bonds is 5. The van der Waals surface area contributed by atoms with Crippen molar-refractivity contribution in [3.8, 4) is 0 Å². The summed E-state index contributed by atoms with van der Waals surface area (Å²) in [7, 11) is 1.91. The lowest BCUT2D eigenvalue weighted by Crippen LogP contribution is -2.52. The normalized spacial score (nSPS) is 26.1. The van der Waals surface area contributed by atoms with Gasteiger partial charge in [-0.05, 0) is 32.4 Å². The number of nitrogens with zero attached hydrogens (tertiary/aromatic N) is 1. The molecule has 0 aliphatic carbocycles. The molecule has 0 amide bonds. The Labute approximate surface area is 104 Å². The van der Waals surface area contributed by atoms with Gasteiger partial charge in [-0.15, -0.1) is 0 Å². The summed E-state index contributed by atoms with van der Waals surface area (Å²) in [5, 5.41) is 10.3. The zero-order valence-electron chi connectivity index (χ0n) is 10.8. The summed E-state index contributed by atoms with van der Waals surface area (Å²) in [6.07, 6.45) is 7.26. The standard InChI is InChI=1S/C14H23NO2/c1-4-5-6-8-11(2)14(17)13-12(16)9-7-10-15(13)3/h4-6,11,13-14,17H,1,7-10H2,2-3H3/b6-5+. The van der Waals surface area contributed by atoms with Crippen LogP contribution in [-0.4, -0.2) is 41.5 Å². The van der Waals surface area contributed by atoms with Crippen LogP contribution < -0.4 is 0 Å². The van der Waals surface area contributed by atoms with Crippen molar-refractivity contribution in [2.45, 2.75) is 38.3 Å². The van der Waals surface area contributed by atoms with E-state index < -0.39 is 6.10 Å². The molecule has 1 saturated heterocycles. The summed E-state index contributed by atoms with van der Waals surface area (Å²) in [6.45, 7) is 6.48. The van der Waals surface area contributed by atoms with Gasteiger partial charge in [0.15, 0.2) is 5.78 Å². The monoisotopic (exact) mass is 237 g/mol. The van der Waals surface area contributed by atoms with E-state index in [-0.39, 0.29) is 17.7 Å². The summed E-state index contributed by atoms with van der Waals surface area (Å²) in [5.41, 5.74) is 0. The van der Waals surface area contributed by atoms with E-state index in [2.05, 4.69) is 6.58 Å². The molecular formula is C14H23NO2. The Balaban J connectivity index is 2.59. The summed E-state index contributed by atoms with van der Waals surface area (Å²) >= 11 is 0. The Hall–Kier alpha value is -0.930. The van der Waals surface area contributed by atoms with E-state index in [4.69, 9.17) is 0 Å². The lowest BCUT2D eigenvalue weighted by Gasteiger charge is -2.36. The number of likely N-dealkylation sites (N-methyl/N-ethyl adjacent to an activating group) is 1. The van der Waals surface area contributed by atoms with Crippen LogP contribution in [0.15, 0.2) is 24.8 Å². The minimum atomic E-state index is -0.581. The molecule has 0 saturated carbocycles. The maximum Gasteiger partial charge on any atom is 0.152 e. The Morgan fingerprint density at radius 3 is 2.94 bits per heavy atom. The molecule has 3 nitrogen and oxygen atoms in total. The molecule has 1 N–H and O–H groups in total. The molecule has 96 valence electrons. The fourth-order valence-electron chi connectivity index (χ4n) is 2.33. The third kappa shape index (κ3) is 3.79. The molecule has 0 aromatic carbocycles. The number of ketones is 1. The number of carbonyl (C=O) groups is 1. The van der Waals surface area contributed by atoms with Gasteiger partial charge in [0.25, 0.3) is 0 Å². The van der Waals surface area contributed by atoms with Gasteiger partial charge in [-0.25, -0.2) is 0 Å². The van der Waals surface area contributed by atoms with Crippen LogP contribution in [0.4, 0.5) is 0 Å². The van der Waals surface area contributed by atoms with Crippen molar-refractivity contribution >= 4 is 5.78 Å². The average molecular weight is 237 g/mol. The van der Waals surface area contributed by atoms with E-state index in [0.717, 1.165) is 19.4 Å². The highest BCUT2D eigenvalue weighted by Crippen LogP contribution is 2.21. The van der Waals surface area contributed by atoms with Gasteiger partial charge in [0.2, 0.25) is 0 Å². The van der Waals surface area contributed by atoms with Crippen LogP contribution in [0.3, 0.4) is 0 Å². The Morgan fingerprint density at radius 2 is 2.35 bits per heavy atom. The number of Topliss-reactive ketones (excluding diaryl/α,β-unsaturated/α-hetero) is 1. The number of piperidine rings is 1. The Morgan fingerprint density at radius 1 is 1.65 bits per heavy atom. The fourth-order valence-corrected chi connectivity index (χ4v) is 2.33. The summed E-state index contributed by atoms with van der Waals surface area (Å²) < 4.78 is 0. The van der Waals surface area contributed by atoms with Crippen LogP contribution in [0, 0.1) is 5.92 Å². The summed E-state index contributed by atoms with van der Waals surface area (Å²) in [5.74, 6) is 0.256. The van der Waals surface area contributed by atoms with Crippen molar-refractivity contribution < 1.29 is 9.90 Å². The molecule has 3 heteroatoms. The molecular weight excluding hydrogens is 214 g/mol. The highest BCUT2D eigenvalue weighted by molar-refractivity contribution is 5.85. The third-order valence-electron chi connectivity index (χ3n) is 3.43. The molecule has 1 rings (SSSR count). The lowest BCUT2D eigenvalue weighted by atomic mass is 9.88. The molecule has 0 spiro atoms. The van der Waals surface area contributed by atoms with Gasteiger partial charge >= 0.3 is 0 Å². The van der Waals surface area contributed by atoms with Gasteiger partial charge in [-0.1, -0.05) is 31.7 Å². The molecule has 0 aromatic heterocycles. The molecule has 0 radical (unpaired) electrons. The van der Waals surface area contributed by atoms with E-state index in [0.29, 0.717) is 6.42 Å². The molecule has 1 fully saturated rings. The molecule has 0 aromatic rings. The van der Waals surface area contributed by atoms with E-state index in [1.54, 1.807) is 6.08 Å². The number of aliphatic hydroxyl groups is 1. The largest absolute Gasteiger partial charge is 0.391 e. The smallest absolute Gasteiger partial charge is 0.152 e. The predicted molar refractivity (Wildman–Crippen MR) is 69.8 cm³/mol. The number of hydrogen-bond acceptors (Lipinski definition) is 3. The van der Waals surface area contributed by atoms with Crippen molar-refractivity contribution in [2.24, 2.45) is 5.92 Å². The second-order valence-corrected chi connectivity index (χ2v) is 4.86. The van der Waals surface area contributed by atoms with Crippen LogP contribution in [0.25, 0.3) is 0 Å². The van der Waals surface area contributed by atoms with Crippen molar-refractivity contribution in [1.82, 2.24) is 4.90 Å².